The molecule has 0 spiro atoms. The minimum atomic E-state index is 0.0341. The summed E-state index contributed by atoms with van der Waals surface area (Å²) in [4.78, 5) is 23.5. The van der Waals surface area contributed by atoms with Gasteiger partial charge in [0.2, 0.25) is 0 Å². The van der Waals surface area contributed by atoms with Crippen LogP contribution in [0.3, 0.4) is 0 Å². The molecule has 0 saturated carbocycles. The Morgan fingerprint density at radius 3 is 3.12 bits per heavy atom. The maximum Gasteiger partial charge on any atom is 0.275 e. The highest BCUT2D eigenvalue weighted by Crippen LogP contribution is 2.24. The molecule has 1 N–H and O–H groups in total. The van der Waals surface area contributed by atoms with Crippen molar-refractivity contribution in [3.8, 4) is 0 Å². The Balaban J connectivity index is 1.48. The van der Waals surface area contributed by atoms with Crippen LogP contribution in [0.25, 0.3) is 0 Å². The second-order valence-electron chi connectivity index (χ2n) is 6.70. The molecule has 4 rings (SSSR count). The van der Waals surface area contributed by atoms with Crippen LogP contribution in [-0.2, 0) is 24.0 Å². The lowest BCUT2D eigenvalue weighted by atomic mass is 9.95. The zero-order valence-corrected chi connectivity index (χ0v) is 14.3. The molecule has 1 aliphatic heterocycles. The van der Waals surface area contributed by atoms with Crippen LogP contribution < -0.4 is 0 Å². The lowest BCUT2D eigenvalue weighted by Crippen LogP contribution is -2.49. The van der Waals surface area contributed by atoms with Crippen molar-refractivity contribution in [2.45, 2.75) is 44.6 Å². The fraction of sp³-hybridized carbons (Fsp3) is 0.556. The second kappa shape index (κ2) is 7.31. The highest BCUT2D eigenvalue weighted by molar-refractivity contribution is 5.94. The normalized spacial score (nSPS) is 20.3. The van der Waals surface area contributed by atoms with Gasteiger partial charge in [-0.05, 0) is 38.5 Å². The maximum atomic E-state index is 13.1. The third-order valence-corrected chi connectivity index (χ3v) is 5.10. The predicted octanol–water partition coefficient (Wildman–Crippen LogP) is 1.55. The Bertz CT molecular complexity index is 730. The number of nitrogens with one attached hydrogen (secondary N) is 1. The number of aromatic amines is 1. The number of amides is 1. The smallest absolute Gasteiger partial charge is 0.275 e. The molecule has 25 heavy (non-hydrogen) atoms. The highest BCUT2D eigenvalue weighted by atomic mass is 16.5. The molecule has 7 heteroatoms. The lowest BCUT2D eigenvalue weighted by molar-refractivity contribution is -0.00450. The number of nitrogens with zero attached hydrogens (tertiary/aromatic N) is 4. The van der Waals surface area contributed by atoms with Crippen LogP contribution in [0.2, 0.25) is 0 Å². The number of aromatic nitrogens is 4. The van der Waals surface area contributed by atoms with Gasteiger partial charge < -0.3 is 9.64 Å². The summed E-state index contributed by atoms with van der Waals surface area (Å²) in [5.74, 6) is 0.0341. The van der Waals surface area contributed by atoms with Crippen molar-refractivity contribution in [1.82, 2.24) is 25.1 Å². The Morgan fingerprint density at radius 2 is 2.24 bits per heavy atom. The summed E-state index contributed by atoms with van der Waals surface area (Å²) >= 11 is 0. The fourth-order valence-corrected chi connectivity index (χ4v) is 3.73. The van der Waals surface area contributed by atoms with Crippen molar-refractivity contribution >= 4 is 5.91 Å². The van der Waals surface area contributed by atoms with Crippen LogP contribution >= 0.6 is 0 Å². The number of hydrogen-bond acceptors (Lipinski definition) is 5. The SMILES string of the molecule is O=C(c1n[nH]c2c1CCCC2)N1CCOCC1CCc1cnccn1. The topological polar surface area (TPSA) is 84.0 Å². The van der Waals surface area contributed by atoms with Crippen molar-refractivity contribution < 1.29 is 9.53 Å². The largest absolute Gasteiger partial charge is 0.377 e. The summed E-state index contributed by atoms with van der Waals surface area (Å²) in [5, 5.41) is 7.42. The van der Waals surface area contributed by atoms with Crippen molar-refractivity contribution in [3.05, 3.63) is 41.2 Å². The zero-order valence-electron chi connectivity index (χ0n) is 14.3. The molecule has 7 nitrogen and oxygen atoms in total. The summed E-state index contributed by atoms with van der Waals surface area (Å²) in [6.07, 6.45) is 11.0. The van der Waals surface area contributed by atoms with Gasteiger partial charge in [0, 0.05) is 36.4 Å². The molecule has 0 aromatic carbocycles. The van der Waals surface area contributed by atoms with Crippen LogP contribution in [0.15, 0.2) is 18.6 Å². The zero-order chi connectivity index (χ0) is 17.1. The molecule has 0 radical (unpaired) electrons. The van der Waals surface area contributed by atoms with Gasteiger partial charge in [-0.25, -0.2) is 0 Å². The number of rotatable bonds is 4. The molecule has 1 atom stereocenters. The van der Waals surface area contributed by atoms with Gasteiger partial charge in [0.1, 0.15) is 0 Å². The summed E-state index contributed by atoms with van der Waals surface area (Å²) in [6.45, 7) is 1.77. The van der Waals surface area contributed by atoms with Gasteiger partial charge in [0.15, 0.2) is 5.69 Å². The predicted molar refractivity (Wildman–Crippen MR) is 91.2 cm³/mol. The van der Waals surface area contributed by atoms with Crippen molar-refractivity contribution in [2.75, 3.05) is 19.8 Å². The van der Waals surface area contributed by atoms with E-state index in [0.717, 1.165) is 49.1 Å². The Kier molecular flexibility index (Phi) is 4.74. The number of morpholine rings is 1. The monoisotopic (exact) mass is 341 g/mol. The van der Waals surface area contributed by atoms with E-state index in [1.54, 1.807) is 18.6 Å². The van der Waals surface area contributed by atoms with Crippen LogP contribution in [0, 0.1) is 0 Å². The molecule has 132 valence electrons. The third kappa shape index (κ3) is 3.42. The van der Waals surface area contributed by atoms with Crippen LogP contribution in [-0.4, -0.2) is 56.8 Å². The Morgan fingerprint density at radius 1 is 1.32 bits per heavy atom. The van der Waals surface area contributed by atoms with E-state index in [4.69, 9.17) is 4.74 Å². The lowest BCUT2D eigenvalue weighted by Gasteiger charge is -2.35. The molecular formula is C18H23N5O2. The van der Waals surface area contributed by atoms with Crippen molar-refractivity contribution in [2.24, 2.45) is 0 Å². The first-order valence-corrected chi connectivity index (χ1v) is 9.02. The number of ether oxygens (including phenoxy) is 1. The quantitative estimate of drug-likeness (QED) is 0.912. The Hall–Kier alpha value is -2.28. The van der Waals surface area contributed by atoms with E-state index < -0.39 is 0 Å². The molecule has 2 aromatic rings. The molecule has 0 bridgehead atoms. The van der Waals surface area contributed by atoms with Crippen molar-refractivity contribution in [3.63, 3.8) is 0 Å². The first kappa shape index (κ1) is 16.2. The van der Waals surface area contributed by atoms with Gasteiger partial charge in [0.05, 0.1) is 24.9 Å². The minimum absolute atomic E-state index is 0.0341. The van der Waals surface area contributed by atoms with Crippen LogP contribution in [0.5, 0.6) is 0 Å². The summed E-state index contributed by atoms with van der Waals surface area (Å²) in [6, 6.07) is 0.0548. The highest BCUT2D eigenvalue weighted by Gasteiger charge is 2.32. The molecule has 2 aromatic heterocycles. The van der Waals surface area contributed by atoms with E-state index >= 15 is 0 Å². The fourth-order valence-electron chi connectivity index (χ4n) is 3.73. The van der Waals surface area contributed by atoms with Crippen molar-refractivity contribution in [1.29, 1.82) is 0 Å². The summed E-state index contributed by atoms with van der Waals surface area (Å²) in [7, 11) is 0. The first-order chi connectivity index (χ1) is 12.3. The molecule has 1 aliphatic carbocycles. The van der Waals surface area contributed by atoms with Crippen LogP contribution in [0.4, 0.5) is 0 Å². The molecule has 1 unspecified atom stereocenters. The number of H-pyrrole nitrogens is 1. The Labute approximate surface area is 146 Å². The van der Waals surface area contributed by atoms with E-state index in [1.165, 1.54) is 6.42 Å². The average Bonchev–Trinajstić information content (AvgIpc) is 3.11. The molecular weight excluding hydrogens is 318 g/mol. The van der Waals surface area contributed by atoms with E-state index in [1.807, 2.05) is 4.90 Å². The van der Waals surface area contributed by atoms with Gasteiger partial charge in [-0.2, -0.15) is 5.10 Å². The molecule has 1 amide bonds. The minimum Gasteiger partial charge on any atom is -0.377 e. The van der Waals surface area contributed by atoms with Gasteiger partial charge in [0.25, 0.3) is 5.91 Å². The van der Waals surface area contributed by atoms with Gasteiger partial charge >= 0.3 is 0 Å². The number of hydrogen-bond donors (Lipinski definition) is 1. The number of carbonyl (C=O) groups excluding carboxylic acids is 1. The first-order valence-electron chi connectivity index (χ1n) is 9.02. The van der Waals surface area contributed by atoms with Gasteiger partial charge in [-0.3, -0.25) is 19.9 Å². The van der Waals surface area contributed by atoms with Crippen LogP contribution in [0.1, 0.15) is 46.7 Å². The molecule has 1 saturated heterocycles. The van der Waals surface area contributed by atoms with E-state index in [-0.39, 0.29) is 11.9 Å². The standard InChI is InChI=1S/C18H23N5O2/c24-18(17-15-3-1-2-4-16(15)21-22-17)23-9-10-25-12-14(23)6-5-13-11-19-7-8-20-13/h7-8,11,14H,1-6,9-10,12H2,(H,21,22). The summed E-state index contributed by atoms with van der Waals surface area (Å²) < 4.78 is 5.62. The average molecular weight is 341 g/mol. The third-order valence-electron chi connectivity index (χ3n) is 5.10. The van der Waals surface area contributed by atoms with E-state index in [0.29, 0.717) is 25.5 Å². The number of aryl methyl sites for hydroxylation is 2. The number of fused-ring (bicyclic) bond motifs is 1. The maximum absolute atomic E-state index is 13.1. The second-order valence-corrected chi connectivity index (χ2v) is 6.70. The van der Waals surface area contributed by atoms with Gasteiger partial charge in [-0.15, -0.1) is 0 Å². The van der Waals surface area contributed by atoms with Gasteiger partial charge in [-0.1, -0.05) is 0 Å². The summed E-state index contributed by atoms with van der Waals surface area (Å²) in [5.41, 5.74) is 3.81. The van der Waals surface area contributed by atoms with E-state index in [2.05, 4.69) is 20.2 Å². The molecule has 2 aliphatic rings. The number of carbonyl (C=O) groups is 1. The van der Waals surface area contributed by atoms with E-state index in [9.17, 15) is 4.79 Å². The molecule has 3 heterocycles. The molecule has 1 fully saturated rings.